The lowest BCUT2D eigenvalue weighted by Crippen LogP contribution is -2.46. The molecule has 0 saturated carbocycles. The van der Waals surface area contributed by atoms with E-state index < -0.39 is 18.0 Å². The molecular formula is C20H17ClN4O3. The maximum Gasteiger partial charge on any atom is 0.319 e. The molecule has 3 amide bonds. The van der Waals surface area contributed by atoms with E-state index in [9.17, 15) is 9.59 Å². The highest BCUT2D eigenvalue weighted by molar-refractivity contribution is 6.30. The molecule has 0 fully saturated rings. The molecular weight excluding hydrogens is 380 g/mol. The van der Waals surface area contributed by atoms with E-state index in [4.69, 9.17) is 21.6 Å². The Kier molecular flexibility index (Phi) is 5.52. The van der Waals surface area contributed by atoms with Gasteiger partial charge in [0.25, 0.3) is 5.91 Å². The van der Waals surface area contributed by atoms with Gasteiger partial charge in [-0.15, -0.1) is 0 Å². The van der Waals surface area contributed by atoms with Gasteiger partial charge in [-0.25, -0.2) is 4.79 Å². The lowest BCUT2D eigenvalue weighted by atomic mass is 9.94. The van der Waals surface area contributed by atoms with Crippen molar-refractivity contribution >= 4 is 29.2 Å². The van der Waals surface area contributed by atoms with Gasteiger partial charge < -0.3 is 20.7 Å². The number of halogens is 1. The van der Waals surface area contributed by atoms with Crippen molar-refractivity contribution in [2.24, 2.45) is 0 Å². The maximum absolute atomic E-state index is 13.0. The third kappa shape index (κ3) is 3.92. The number of amides is 3. The molecule has 3 N–H and O–H groups in total. The molecule has 0 aromatic heterocycles. The smallest absolute Gasteiger partial charge is 0.319 e. The van der Waals surface area contributed by atoms with Crippen molar-refractivity contribution in [2.45, 2.75) is 13.0 Å². The number of urea groups is 1. The summed E-state index contributed by atoms with van der Waals surface area (Å²) in [6.45, 7) is 1.66. The van der Waals surface area contributed by atoms with Crippen LogP contribution in [0, 0.1) is 11.3 Å². The Balaban J connectivity index is 1.96. The van der Waals surface area contributed by atoms with Crippen LogP contribution in [0.25, 0.3) is 0 Å². The van der Waals surface area contributed by atoms with Crippen molar-refractivity contribution < 1.29 is 14.3 Å². The number of carbonyl (C=O) groups is 2. The number of carbonyl (C=O) groups excluding carboxylic acids is 2. The van der Waals surface area contributed by atoms with E-state index in [2.05, 4.69) is 16.0 Å². The summed E-state index contributed by atoms with van der Waals surface area (Å²) in [7, 11) is 1.48. The van der Waals surface area contributed by atoms with Crippen molar-refractivity contribution in [3.8, 4) is 11.8 Å². The summed E-state index contributed by atoms with van der Waals surface area (Å²) >= 11 is 5.97. The van der Waals surface area contributed by atoms with Crippen molar-refractivity contribution in [1.29, 1.82) is 5.26 Å². The van der Waals surface area contributed by atoms with Crippen LogP contribution in [0.1, 0.15) is 24.1 Å². The molecule has 28 heavy (non-hydrogen) atoms. The van der Waals surface area contributed by atoms with Crippen LogP contribution in [-0.2, 0) is 4.79 Å². The second-order valence-corrected chi connectivity index (χ2v) is 6.54. The minimum atomic E-state index is -0.667. The summed E-state index contributed by atoms with van der Waals surface area (Å²) in [5.74, 6) is 0.0156. The van der Waals surface area contributed by atoms with Gasteiger partial charge in [0.15, 0.2) is 0 Å². The van der Waals surface area contributed by atoms with Crippen molar-refractivity contribution in [3.05, 3.63) is 69.9 Å². The molecule has 3 rings (SSSR count). The number of ether oxygens (including phenoxy) is 1. The largest absolute Gasteiger partial charge is 0.495 e. The third-order valence-electron chi connectivity index (χ3n) is 4.30. The van der Waals surface area contributed by atoms with E-state index in [1.165, 1.54) is 7.11 Å². The van der Waals surface area contributed by atoms with E-state index in [-0.39, 0.29) is 0 Å². The van der Waals surface area contributed by atoms with E-state index >= 15 is 0 Å². The average Bonchev–Trinajstić information content (AvgIpc) is 2.68. The number of allylic oxidation sites excluding steroid dienone is 1. The van der Waals surface area contributed by atoms with Crippen LogP contribution in [-0.4, -0.2) is 19.0 Å². The van der Waals surface area contributed by atoms with Crippen LogP contribution in [0.3, 0.4) is 0 Å². The minimum absolute atomic E-state index is 0.348. The highest BCUT2D eigenvalue weighted by Crippen LogP contribution is 2.31. The number of hydrogen-bond acceptors (Lipinski definition) is 4. The molecule has 0 spiro atoms. The normalized spacial score (nSPS) is 15.9. The topological polar surface area (TPSA) is 103 Å². The first-order valence-corrected chi connectivity index (χ1v) is 8.74. The van der Waals surface area contributed by atoms with Crippen LogP contribution in [0.4, 0.5) is 10.5 Å². The average molecular weight is 397 g/mol. The minimum Gasteiger partial charge on any atom is -0.495 e. The predicted molar refractivity (Wildman–Crippen MR) is 105 cm³/mol. The van der Waals surface area contributed by atoms with Crippen LogP contribution in [0.15, 0.2) is 53.7 Å². The van der Waals surface area contributed by atoms with Crippen LogP contribution >= 0.6 is 11.6 Å². The third-order valence-corrected chi connectivity index (χ3v) is 4.53. The molecule has 7 nitrogen and oxygen atoms in total. The molecule has 0 aliphatic carbocycles. The van der Waals surface area contributed by atoms with Crippen LogP contribution in [0.2, 0.25) is 5.02 Å². The standard InChI is InChI=1S/C20H17ClN4O3/c1-11-17(19(26)24-15-8-7-14(21)9-16(15)28-2)18(25-20(27)23-11)13-5-3-12(10-22)4-6-13/h3-9,18H,1-2H3,(H,24,26)(H2,23,25,27)/t18-/m0/s1. The zero-order valence-corrected chi connectivity index (χ0v) is 15.9. The Hall–Kier alpha value is -3.50. The summed E-state index contributed by atoms with van der Waals surface area (Å²) in [6, 6.07) is 12.5. The van der Waals surface area contributed by atoms with Gasteiger partial charge in [-0.1, -0.05) is 23.7 Å². The van der Waals surface area contributed by atoms with Gasteiger partial charge in [0, 0.05) is 16.8 Å². The first-order valence-electron chi connectivity index (χ1n) is 8.36. The molecule has 1 aliphatic rings. The first kappa shape index (κ1) is 19.3. The Morgan fingerprint density at radius 3 is 2.61 bits per heavy atom. The second kappa shape index (κ2) is 8.03. The number of benzene rings is 2. The molecule has 1 atom stereocenters. The van der Waals surface area contributed by atoms with Crippen molar-refractivity contribution in [3.63, 3.8) is 0 Å². The fraction of sp³-hybridized carbons (Fsp3) is 0.150. The van der Waals surface area contributed by atoms with Crippen LogP contribution in [0.5, 0.6) is 5.75 Å². The molecule has 1 heterocycles. The van der Waals surface area contributed by atoms with Gasteiger partial charge in [0.2, 0.25) is 0 Å². The van der Waals surface area contributed by atoms with Crippen LogP contribution < -0.4 is 20.7 Å². The summed E-state index contributed by atoms with van der Waals surface area (Å²) in [5, 5.41) is 17.6. The Bertz CT molecular complexity index is 1010. The van der Waals surface area contributed by atoms with Gasteiger partial charge in [-0.2, -0.15) is 5.26 Å². The molecule has 0 radical (unpaired) electrons. The molecule has 0 unspecified atom stereocenters. The molecule has 0 bridgehead atoms. The Morgan fingerprint density at radius 2 is 1.96 bits per heavy atom. The van der Waals surface area contributed by atoms with Gasteiger partial charge in [-0.3, -0.25) is 4.79 Å². The number of hydrogen-bond donors (Lipinski definition) is 3. The number of anilines is 1. The maximum atomic E-state index is 13.0. The lowest BCUT2D eigenvalue weighted by molar-refractivity contribution is -0.113. The molecule has 142 valence electrons. The SMILES string of the molecule is COc1cc(Cl)ccc1NC(=O)C1=C(C)NC(=O)N[C@H]1c1ccc(C#N)cc1. The fourth-order valence-electron chi connectivity index (χ4n) is 2.95. The van der Waals surface area contributed by atoms with Gasteiger partial charge in [0.1, 0.15) is 5.75 Å². The molecule has 2 aromatic carbocycles. The highest BCUT2D eigenvalue weighted by atomic mass is 35.5. The van der Waals surface area contributed by atoms with E-state index in [1.807, 2.05) is 6.07 Å². The van der Waals surface area contributed by atoms with E-state index in [1.54, 1.807) is 49.4 Å². The summed E-state index contributed by atoms with van der Waals surface area (Å²) in [4.78, 5) is 25.0. The second-order valence-electron chi connectivity index (χ2n) is 6.10. The number of nitrogens with zero attached hydrogens (tertiary/aromatic N) is 1. The molecule has 0 saturated heterocycles. The lowest BCUT2D eigenvalue weighted by Gasteiger charge is -2.28. The Labute approximate surface area is 166 Å². The molecule has 8 heteroatoms. The van der Waals surface area contributed by atoms with Crippen molar-refractivity contribution in [1.82, 2.24) is 10.6 Å². The van der Waals surface area contributed by atoms with Gasteiger partial charge in [0.05, 0.1) is 36.0 Å². The summed E-state index contributed by atoms with van der Waals surface area (Å²) in [6.07, 6.45) is 0. The summed E-state index contributed by atoms with van der Waals surface area (Å²) in [5.41, 5.74) is 2.40. The zero-order chi connectivity index (χ0) is 20.3. The first-order chi connectivity index (χ1) is 13.4. The van der Waals surface area contributed by atoms with Crippen molar-refractivity contribution in [2.75, 3.05) is 12.4 Å². The Morgan fingerprint density at radius 1 is 1.25 bits per heavy atom. The van der Waals surface area contributed by atoms with Gasteiger partial charge in [-0.05, 0) is 36.8 Å². The zero-order valence-electron chi connectivity index (χ0n) is 15.2. The number of rotatable bonds is 4. The molecule has 1 aliphatic heterocycles. The number of nitriles is 1. The quantitative estimate of drug-likeness (QED) is 0.735. The molecule has 2 aromatic rings. The van der Waals surface area contributed by atoms with E-state index in [0.717, 1.165) is 0 Å². The number of methoxy groups -OCH3 is 1. The monoisotopic (exact) mass is 396 g/mol. The fourth-order valence-corrected chi connectivity index (χ4v) is 3.12. The summed E-state index contributed by atoms with van der Waals surface area (Å²) < 4.78 is 5.26. The van der Waals surface area contributed by atoms with Gasteiger partial charge >= 0.3 is 6.03 Å². The predicted octanol–water partition coefficient (Wildman–Crippen LogP) is 3.49. The number of nitrogens with one attached hydrogen (secondary N) is 3. The highest BCUT2D eigenvalue weighted by Gasteiger charge is 2.31. The van der Waals surface area contributed by atoms with E-state index in [0.29, 0.717) is 38.9 Å².